The molecule has 0 unspecified atom stereocenters. The molecule has 2 aromatic heterocycles. The maximum Gasteiger partial charge on any atom is 0.323 e. The van der Waals surface area contributed by atoms with Gasteiger partial charge in [-0.15, -0.1) is 0 Å². The highest BCUT2D eigenvalue weighted by atomic mass is 79.9. The van der Waals surface area contributed by atoms with Gasteiger partial charge in [0, 0.05) is 36.5 Å². The molecule has 0 fully saturated rings. The smallest absolute Gasteiger partial charge is 0.323 e. The molecular weight excluding hydrogens is 382 g/mol. The molecule has 3 aromatic rings. The summed E-state index contributed by atoms with van der Waals surface area (Å²) in [4.78, 5) is 18.2. The molecule has 0 saturated carbocycles. The number of halogens is 1. The summed E-state index contributed by atoms with van der Waals surface area (Å²) < 4.78 is 2.72. The van der Waals surface area contributed by atoms with Gasteiger partial charge >= 0.3 is 6.03 Å². The van der Waals surface area contributed by atoms with Crippen LogP contribution in [-0.2, 0) is 13.1 Å². The highest BCUT2D eigenvalue weighted by Gasteiger charge is 2.12. The number of carbonyl (C=O) groups is 1. The van der Waals surface area contributed by atoms with Crippen molar-refractivity contribution in [3.63, 3.8) is 0 Å². The Balaban J connectivity index is 1.58. The second kappa shape index (κ2) is 7.94. The van der Waals surface area contributed by atoms with Crippen LogP contribution in [0.3, 0.4) is 0 Å². The maximum atomic E-state index is 12.3. The first kappa shape index (κ1) is 17.2. The first-order chi connectivity index (χ1) is 12.1. The van der Waals surface area contributed by atoms with Crippen molar-refractivity contribution in [3.05, 3.63) is 76.7 Å². The van der Waals surface area contributed by atoms with Crippen LogP contribution in [0.2, 0.25) is 0 Å². The Hall–Kier alpha value is -2.67. The van der Waals surface area contributed by atoms with Gasteiger partial charge in [0.1, 0.15) is 0 Å². The van der Waals surface area contributed by atoms with Crippen molar-refractivity contribution in [1.82, 2.24) is 19.7 Å². The van der Waals surface area contributed by atoms with E-state index in [0.717, 1.165) is 15.7 Å². The highest BCUT2D eigenvalue weighted by Crippen LogP contribution is 2.17. The van der Waals surface area contributed by atoms with E-state index >= 15 is 0 Å². The van der Waals surface area contributed by atoms with Gasteiger partial charge in [0.05, 0.1) is 12.2 Å². The fourth-order valence-electron chi connectivity index (χ4n) is 2.33. The summed E-state index contributed by atoms with van der Waals surface area (Å²) in [5.74, 6) is 0.514. The Labute approximate surface area is 154 Å². The summed E-state index contributed by atoms with van der Waals surface area (Å²) >= 11 is 3.50. The van der Waals surface area contributed by atoms with Crippen LogP contribution in [0.15, 0.2) is 65.4 Å². The number of carbonyl (C=O) groups excluding carboxylic acids is 1. The summed E-state index contributed by atoms with van der Waals surface area (Å²) in [5, 5.41) is 7.17. The molecule has 2 amide bonds. The highest BCUT2D eigenvalue weighted by molar-refractivity contribution is 9.10. The standard InChI is InChI=1S/C18H18BrN5O/c1-23(12-14-6-2-3-8-16(14)19)18(25)21-17-9-11-24(22-17)13-15-7-4-5-10-20-15/h2-11H,12-13H2,1H3,(H,21,22,25). The van der Waals surface area contributed by atoms with Crippen molar-refractivity contribution in [1.29, 1.82) is 0 Å². The lowest BCUT2D eigenvalue weighted by Crippen LogP contribution is -2.31. The van der Waals surface area contributed by atoms with Gasteiger partial charge in [-0.25, -0.2) is 4.79 Å². The molecule has 0 aliphatic heterocycles. The van der Waals surface area contributed by atoms with Gasteiger partial charge in [0.15, 0.2) is 5.82 Å². The zero-order valence-corrected chi connectivity index (χ0v) is 15.3. The van der Waals surface area contributed by atoms with Crippen LogP contribution in [-0.4, -0.2) is 32.7 Å². The van der Waals surface area contributed by atoms with E-state index in [9.17, 15) is 4.79 Å². The van der Waals surface area contributed by atoms with E-state index in [1.807, 2.05) is 48.7 Å². The number of benzene rings is 1. The lowest BCUT2D eigenvalue weighted by atomic mass is 10.2. The van der Waals surface area contributed by atoms with Crippen LogP contribution in [0, 0.1) is 0 Å². The Bertz CT molecular complexity index is 849. The Kier molecular flexibility index (Phi) is 5.45. The minimum atomic E-state index is -0.209. The molecule has 3 rings (SSSR count). The number of nitrogens with one attached hydrogen (secondary N) is 1. The molecule has 0 spiro atoms. The molecule has 7 heteroatoms. The van der Waals surface area contributed by atoms with E-state index < -0.39 is 0 Å². The molecule has 0 atom stereocenters. The molecule has 128 valence electrons. The molecule has 0 aliphatic carbocycles. The lowest BCUT2D eigenvalue weighted by Gasteiger charge is -2.18. The van der Waals surface area contributed by atoms with Gasteiger partial charge < -0.3 is 4.90 Å². The molecule has 2 heterocycles. The van der Waals surface area contributed by atoms with Gasteiger partial charge in [0.25, 0.3) is 0 Å². The summed E-state index contributed by atoms with van der Waals surface area (Å²) in [7, 11) is 1.75. The Morgan fingerprint density at radius 3 is 2.76 bits per heavy atom. The largest absolute Gasteiger partial charge is 0.323 e. The first-order valence-corrected chi connectivity index (χ1v) is 8.60. The summed E-state index contributed by atoms with van der Waals surface area (Å²) in [5.41, 5.74) is 1.95. The number of urea groups is 1. The van der Waals surface area contributed by atoms with E-state index in [4.69, 9.17) is 0 Å². The van der Waals surface area contributed by atoms with E-state index in [-0.39, 0.29) is 6.03 Å². The number of pyridine rings is 1. The minimum Gasteiger partial charge on any atom is -0.323 e. The molecular formula is C18H18BrN5O. The van der Waals surface area contributed by atoms with Crippen LogP contribution in [0.1, 0.15) is 11.3 Å². The topological polar surface area (TPSA) is 63.1 Å². The van der Waals surface area contributed by atoms with Gasteiger partial charge in [-0.3, -0.25) is 15.0 Å². The maximum absolute atomic E-state index is 12.3. The van der Waals surface area contributed by atoms with Gasteiger partial charge in [0.2, 0.25) is 0 Å². The van der Waals surface area contributed by atoms with E-state index in [1.165, 1.54) is 0 Å². The predicted octanol–water partition coefficient (Wildman–Crippen LogP) is 3.75. The van der Waals surface area contributed by atoms with Crippen LogP contribution < -0.4 is 5.32 Å². The molecule has 0 bridgehead atoms. The normalized spacial score (nSPS) is 10.5. The summed E-state index contributed by atoms with van der Waals surface area (Å²) in [6, 6.07) is 15.1. The van der Waals surface area contributed by atoms with Crippen molar-refractivity contribution in [2.75, 3.05) is 12.4 Å². The van der Waals surface area contributed by atoms with Crippen molar-refractivity contribution >= 4 is 27.8 Å². The van der Waals surface area contributed by atoms with E-state index in [1.54, 1.807) is 28.9 Å². The first-order valence-electron chi connectivity index (χ1n) is 7.81. The van der Waals surface area contributed by atoms with Crippen molar-refractivity contribution < 1.29 is 4.79 Å². The van der Waals surface area contributed by atoms with Crippen molar-refractivity contribution in [3.8, 4) is 0 Å². The SMILES string of the molecule is CN(Cc1ccccc1Br)C(=O)Nc1ccn(Cc2ccccn2)n1. The average molecular weight is 400 g/mol. The third-order valence-electron chi connectivity index (χ3n) is 3.64. The van der Waals surface area contributed by atoms with Crippen LogP contribution in [0.25, 0.3) is 0 Å². The number of amides is 2. The quantitative estimate of drug-likeness (QED) is 0.710. The second-order valence-electron chi connectivity index (χ2n) is 5.60. The monoisotopic (exact) mass is 399 g/mol. The van der Waals surface area contributed by atoms with E-state index in [0.29, 0.717) is 18.9 Å². The fraction of sp³-hybridized carbons (Fsp3) is 0.167. The minimum absolute atomic E-state index is 0.209. The number of nitrogens with zero attached hydrogens (tertiary/aromatic N) is 4. The van der Waals surface area contributed by atoms with Crippen molar-refractivity contribution in [2.45, 2.75) is 13.1 Å². The molecule has 0 aliphatic rings. The van der Waals surface area contributed by atoms with Crippen LogP contribution in [0.4, 0.5) is 10.6 Å². The van der Waals surface area contributed by atoms with Gasteiger partial charge in [-0.1, -0.05) is 40.2 Å². The fourth-order valence-corrected chi connectivity index (χ4v) is 2.74. The molecule has 0 saturated heterocycles. The second-order valence-corrected chi connectivity index (χ2v) is 6.45. The zero-order valence-electron chi connectivity index (χ0n) is 13.8. The molecule has 1 aromatic carbocycles. The molecule has 1 N–H and O–H groups in total. The number of rotatable bonds is 5. The molecule has 6 nitrogen and oxygen atoms in total. The lowest BCUT2D eigenvalue weighted by molar-refractivity contribution is 0.220. The third-order valence-corrected chi connectivity index (χ3v) is 4.41. The summed E-state index contributed by atoms with van der Waals surface area (Å²) in [6.07, 6.45) is 3.57. The predicted molar refractivity (Wildman–Crippen MR) is 100 cm³/mol. The zero-order chi connectivity index (χ0) is 17.6. The van der Waals surface area contributed by atoms with Crippen LogP contribution in [0.5, 0.6) is 0 Å². The van der Waals surface area contributed by atoms with Gasteiger partial charge in [-0.2, -0.15) is 5.10 Å². The van der Waals surface area contributed by atoms with Crippen molar-refractivity contribution in [2.24, 2.45) is 0 Å². The summed E-state index contributed by atoms with van der Waals surface area (Å²) in [6.45, 7) is 1.06. The van der Waals surface area contributed by atoms with E-state index in [2.05, 4.69) is 31.3 Å². The average Bonchev–Trinajstić information content (AvgIpc) is 3.04. The Morgan fingerprint density at radius 1 is 1.20 bits per heavy atom. The molecule has 0 radical (unpaired) electrons. The Morgan fingerprint density at radius 2 is 2.00 bits per heavy atom. The van der Waals surface area contributed by atoms with Crippen LogP contribution >= 0.6 is 15.9 Å². The number of hydrogen-bond acceptors (Lipinski definition) is 3. The third kappa shape index (κ3) is 4.67. The number of hydrogen-bond donors (Lipinski definition) is 1. The number of aromatic nitrogens is 3. The van der Waals surface area contributed by atoms with Gasteiger partial charge in [-0.05, 0) is 23.8 Å². The number of anilines is 1. The molecule has 25 heavy (non-hydrogen) atoms.